The van der Waals surface area contributed by atoms with Gasteiger partial charge in [0.1, 0.15) is 5.75 Å². The number of halogens is 7. The Morgan fingerprint density at radius 1 is 0.826 bits per heavy atom. The van der Waals surface area contributed by atoms with E-state index in [1.54, 1.807) is 0 Å². The Morgan fingerprint density at radius 2 is 1.26 bits per heavy atom. The van der Waals surface area contributed by atoms with Crippen LogP contribution in [0.1, 0.15) is 18.9 Å². The molecule has 0 bridgehead atoms. The monoisotopic (exact) mass is 348 g/mol. The molecule has 0 heterocycles. The number of rotatable bonds is 5. The Morgan fingerprint density at radius 3 is 1.57 bits per heavy atom. The molecule has 2 nitrogen and oxygen atoms in total. The van der Waals surface area contributed by atoms with Crippen molar-refractivity contribution in [1.82, 2.24) is 0 Å². The molecule has 0 aromatic heterocycles. The first-order valence-corrected chi connectivity index (χ1v) is 6.33. The highest BCUT2D eigenvalue weighted by Crippen LogP contribution is 2.52. The van der Waals surface area contributed by atoms with Gasteiger partial charge < -0.3 is 9.47 Å². The zero-order chi connectivity index (χ0) is 18.1. The normalized spacial score (nSPS) is 16.1. The lowest BCUT2D eigenvalue weighted by molar-refractivity contribution is -0.353. The summed E-state index contributed by atoms with van der Waals surface area (Å²) >= 11 is 0. The minimum atomic E-state index is -6.13. The summed E-state index contributed by atoms with van der Waals surface area (Å²) in [5.74, 6) is 0.338. The van der Waals surface area contributed by atoms with Crippen molar-refractivity contribution >= 4 is 0 Å². The van der Waals surface area contributed by atoms with Crippen LogP contribution in [0.15, 0.2) is 24.3 Å². The molecule has 0 aliphatic carbocycles. The zero-order valence-corrected chi connectivity index (χ0v) is 12.5. The largest absolute Gasteiger partial charge is 0.497 e. The van der Waals surface area contributed by atoms with Gasteiger partial charge in [0.25, 0.3) is 0 Å². The molecule has 0 N–H and O–H groups in total. The molecule has 0 saturated carbocycles. The van der Waals surface area contributed by atoms with E-state index in [1.165, 1.54) is 31.4 Å². The van der Waals surface area contributed by atoms with Gasteiger partial charge >= 0.3 is 18.0 Å². The maximum Gasteiger partial charge on any atom is 0.431 e. The summed E-state index contributed by atoms with van der Waals surface area (Å²) in [6, 6.07) is 5.09. The van der Waals surface area contributed by atoms with Gasteiger partial charge in [-0.25, -0.2) is 4.39 Å². The second-order valence-corrected chi connectivity index (χ2v) is 5.14. The standard InChI is InChI=1S/C14H15F7O2/c1-11(23-3,9-4-6-10(22-2)7-5-9)8-12(15,13(16,17)18)14(19,20)21/h4-7H,8H2,1-3H3. The Balaban J connectivity index is 3.31. The van der Waals surface area contributed by atoms with E-state index in [4.69, 9.17) is 9.47 Å². The van der Waals surface area contributed by atoms with Gasteiger partial charge in [0.15, 0.2) is 0 Å². The molecule has 0 fully saturated rings. The molecule has 0 aliphatic heterocycles. The van der Waals surface area contributed by atoms with E-state index in [1.807, 2.05) is 0 Å². The summed E-state index contributed by atoms with van der Waals surface area (Å²) in [5.41, 5.74) is -7.59. The van der Waals surface area contributed by atoms with E-state index in [9.17, 15) is 30.7 Å². The Kier molecular flexibility index (Phi) is 5.25. The highest BCUT2D eigenvalue weighted by Gasteiger charge is 2.74. The molecular formula is C14H15F7O2. The van der Waals surface area contributed by atoms with Crippen LogP contribution in [0.5, 0.6) is 5.75 Å². The Labute approximate surface area is 128 Å². The lowest BCUT2D eigenvalue weighted by Crippen LogP contribution is -2.56. The second kappa shape index (κ2) is 6.18. The summed E-state index contributed by atoms with van der Waals surface area (Å²) in [4.78, 5) is 0. The average molecular weight is 348 g/mol. The van der Waals surface area contributed by atoms with Crippen molar-refractivity contribution in [2.45, 2.75) is 37.0 Å². The molecule has 0 saturated heterocycles. The quantitative estimate of drug-likeness (QED) is 0.713. The first-order chi connectivity index (χ1) is 10.3. The molecule has 0 radical (unpaired) electrons. The van der Waals surface area contributed by atoms with E-state index >= 15 is 0 Å². The molecule has 9 heteroatoms. The second-order valence-electron chi connectivity index (χ2n) is 5.14. The summed E-state index contributed by atoms with van der Waals surface area (Å²) in [6.07, 6.45) is -14.2. The smallest absolute Gasteiger partial charge is 0.431 e. The Hall–Kier alpha value is -1.51. The number of alkyl halides is 7. The van der Waals surface area contributed by atoms with E-state index in [-0.39, 0.29) is 5.56 Å². The first-order valence-electron chi connectivity index (χ1n) is 6.33. The van der Waals surface area contributed by atoms with Gasteiger partial charge in [-0.15, -0.1) is 0 Å². The lowest BCUT2D eigenvalue weighted by atomic mass is 9.83. The van der Waals surface area contributed by atoms with Crippen LogP contribution >= 0.6 is 0 Å². The molecular weight excluding hydrogens is 333 g/mol. The van der Waals surface area contributed by atoms with Gasteiger partial charge in [0, 0.05) is 13.5 Å². The summed E-state index contributed by atoms with van der Waals surface area (Å²) in [5, 5.41) is 0. The van der Waals surface area contributed by atoms with Gasteiger partial charge in [-0.3, -0.25) is 0 Å². The van der Waals surface area contributed by atoms with Crippen molar-refractivity contribution in [3.8, 4) is 5.75 Å². The van der Waals surface area contributed by atoms with E-state index < -0.39 is 30.0 Å². The molecule has 1 aromatic carbocycles. The van der Waals surface area contributed by atoms with E-state index in [0.29, 0.717) is 5.75 Å². The third-order valence-corrected chi connectivity index (χ3v) is 3.63. The van der Waals surface area contributed by atoms with Crippen LogP contribution in [-0.4, -0.2) is 32.2 Å². The van der Waals surface area contributed by atoms with Gasteiger partial charge in [-0.05, 0) is 24.6 Å². The summed E-state index contributed by atoms with van der Waals surface area (Å²) in [7, 11) is 2.25. The van der Waals surface area contributed by atoms with Crippen molar-refractivity contribution in [3.05, 3.63) is 29.8 Å². The van der Waals surface area contributed by atoms with Crippen molar-refractivity contribution < 1.29 is 40.2 Å². The molecule has 1 unspecified atom stereocenters. The van der Waals surface area contributed by atoms with Gasteiger partial charge in [0.2, 0.25) is 0 Å². The summed E-state index contributed by atoms with van der Waals surface area (Å²) in [6.45, 7) is 0.959. The molecule has 23 heavy (non-hydrogen) atoms. The summed E-state index contributed by atoms with van der Waals surface area (Å²) < 4.78 is 100. The molecule has 0 amide bonds. The molecule has 1 rings (SSSR count). The van der Waals surface area contributed by atoms with Gasteiger partial charge in [-0.1, -0.05) is 12.1 Å². The van der Waals surface area contributed by atoms with E-state index in [2.05, 4.69) is 0 Å². The number of hydrogen-bond donors (Lipinski definition) is 0. The van der Waals surface area contributed by atoms with Crippen LogP contribution in [0.25, 0.3) is 0 Å². The zero-order valence-electron chi connectivity index (χ0n) is 12.5. The molecule has 132 valence electrons. The molecule has 1 aromatic rings. The van der Waals surface area contributed by atoms with Crippen LogP contribution in [-0.2, 0) is 10.3 Å². The topological polar surface area (TPSA) is 18.5 Å². The fourth-order valence-corrected chi connectivity index (χ4v) is 2.06. The van der Waals surface area contributed by atoms with Gasteiger partial charge in [-0.2, -0.15) is 26.3 Å². The number of hydrogen-bond acceptors (Lipinski definition) is 2. The van der Waals surface area contributed by atoms with Crippen LogP contribution in [0.3, 0.4) is 0 Å². The third-order valence-electron chi connectivity index (χ3n) is 3.63. The molecule has 0 aliphatic rings. The van der Waals surface area contributed by atoms with E-state index in [0.717, 1.165) is 14.0 Å². The van der Waals surface area contributed by atoms with Crippen molar-refractivity contribution in [1.29, 1.82) is 0 Å². The van der Waals surface area contributed by atoms with Crippen LogP contribution in [0, 0.1) is 0 Å². The Bertz CT molecular complexity index is 507. The minimum Gasteiger partial charge on any atom is -0.497 e. The SMILES string of the molecule is COc1ccc(C(C)(CC(F)(C(F)(F)F)C(F)(F)F)OC)cc1. The first kappa shape index (κ1) is 19.5. The fraction of sp³-hybridized carbons (Fsp3) is 0.571. The van der Waals surface area contributed by atoms with Crippen molar-refractivity contribution in [2.24, 2.45) is 0 Å². The van der Waals surface area contributed by atoms with Crippen LogP contribution in [0.4, 0.5) is 30.7 Å². The highest BCUT2D eigenvalue weighted by molar-refractivity contribution is 5.31. The maximum absolute atomic E-state index is 14.0. The number of benzene rings is 1. The number of ether oxygens (including phenoxy) is 2. The predicted octanol–water partition coefficient (Wildman–Crippen LogP) is 4.78. The highest BCUT2D eigenvalue weighted by atomic mass is 19.4. The fourth-order valence-electron chi connectivity index (χ4n) is 2.06. The average Bonchev–Trinajstić information content (AvgIpc) is 2.44. The lowest BCUT2D eigenvalue weighted by Gasteiger charge is -2.38. The molecule has 0 spiro atoms. The maximum atomic E-state index is 14.0. The number of methoxy groups -OCH3 is 2. The predicted molar refractivity (Wildman–Crippen MR) is 67.9 cm³/mol. The van der Waals surface area contributed by atoms with Gasteiger partial charge in [0.05, 0.1) is 12.7 Å². The van der Waals surface area contributed by atoms with Crippen LogP contribution < -0.4 is 4.74 Å². The van der Waals surface area contributed by atoms with Crippen molar-refractivity contribution in [2.75, 3.05) is 14.2 Å². The third kappa shape index (κ3) is 3.70. The van der Waals surface area contributed by atoms with Crippen LogP contribution in [0.2, 0.25) is 0 Å². The minimum absolute atomic E-state index is 0.0451. The molecule has 1 atom stereocenters. The van der Waals surface area contributed by atoms with Crippen molar-refractivity contribution in [3.63, 3.8) is 0 Å².